The Morgan fingerprint density at radius 1 is 0.868 bits per heavy atom. The molecule has 0 unspecified atom stereocenters. The Kier molecular flexibility index (Phi) is 7.72. The molecule has 3 aromatic carbocycles. The third-order valence-corrected chi connectivity index (χ3v) is 8.50. The van der Waals surface area contributed by atoms with Gasteiger partial charge in [-0.05, 0) is 54.4 Å². The van der Waals surface area contributed by atoms with Crippen molar-refractivity contribution in [2.24, 2.45) is 0 Å². The number of nitrogens with zero attached hydrogens (tertiary/aromatic N) is 3. The van der Waals surface area contributed by atoms with Gasteiger partial charge in [0.25, 0.3) is 5.91 Å². The van der Waals surface area contributed by atoms with Crippen molar-refractivity contribution in [2.75, 3.05) is 32.8 Å². The Bertz CT molecular complexity index is 1510. The average molecular weight is 530 g/mol. The molecule has 0 N–H and O–H groups in total. The number of sulfone groups is 1. The van der Waals surface area contributed by atoms with Gasteiger partial charge >= 0.3 is 0 Å². The van der Waals surface area contributed by atoms with Crippen LogP contribution < -0.4 is 4.74 Å². The normalized spacial score (nSPS) is 14.5. The lowest BCUT2D eigenvalue weighted by Gasteiger charge is -2.34. The first-order chi connectivity index (χ1) is 18.4. The lowest BCUT2D eigenvalue weighted by molar-refractivity contribution is 0.0628. The zero-order valence-electron chi connectivity index (χ0n) is 21.4. The molecule has 2 heterocycles. The Morgan fingerprint density at radius 3 is 2.26 bits per heavy atom. The van der Waals surface area contributed by atoms with E-state index in [0.717, 1.165) is 30.8 Å². The number of hydrogen-bond donors (Lipinski definition) is 0. The van der Waals surface area contributed by atoms with E-state index in [0.29, 0.717) is 36.3 Å². The molecule has 1 aromatic heterocycles. The van der Waals surface area contributed by atoms with Crippen molar-refractivity contribution < 1.29 is 17.9 Å². The first-order valence-electron chi connectivity index (χ1n) is 12.8. The summed E-state index contributed by atoms with van der Waals surface area (Å²) in [6.45, 7) is 6.37. The minimum atomic E-state index is -3.60. The van der Waals surface area contributed by atoms with Crippen LogP contribution in [0.2, 0.25) is 0 Å². The summed E-state index contributed by atoms with van der Waals surface area (Å²) >= 11 is 0. The van der Waals surface area contributed by atoms with Crippen LogP contribution in [0.25, 0.3) is 10.9 Å². The molecular formula is C30H31N3O4S. The van der Waals surface area contributed by atoms with Crippen molar-refractivity contribution in [1.82, 2.24) is 14.8 Å². The van der Waals surface area contributed by atoms with Crippen molar-refractivity contribution in [2.45, 2.75) is 24.1 Å². The molecule has 0 saturated carbocycles. The van der Waals surface area contributed by atoms with Gasteiger partial charge in [0.15, 0.2) is 9.84 Å². The number of carbonyl (C=O) groups is 1. The van der Waals surface area contributed by atoms with Crippen LogP contribution in [0.15, 0.2) is 90.0 Å². The molecule has 196 valence electrons. The molecular weight excluding hydrogens is 498 g/mol. The molecule has 1 aliphatic rings. The molecule has 1 aliphatic heterocycles. The van der Waals surface area contributed by atoms with E-state index < -0.39 is 9.84 Å². The van der Waals surface area contributed by atoms with Gasteiger partial charge in [0.2, 0.25) is 0 Å². The second-order valence-corrected chi connectivity index (χ2v) is 11.4. The number of fused-ring (bicyclic) bond motifs is 1. The Morgan fingerprint density at radius 2 is 1.55 bits per heavy atom. The third kappa shape index (κ3) is 5.87. The summed E-state index contributed by atoms with van der Waals surface area (Å²) in [6, 6.07) is 23.9. The van der Waals surface area contributed by atoms with E-state index in [9.17, 15) is 13.2 Å². The van der Waals surface area contributed by atoms with Gasteiger partial charge < -0.3 is 9.64 Å². The minimum Gasteiger partial charge on any atom is -0.494 e. The Labute approximate surface area is 223 Å². The molecule has 7 nitrogen and oxygen atoms in total. The van der Waals surface area contributed by atoms with Crippen LogP contribution in [-0.4, -0.2) is 61.9 Å². The van der Waals surface area contributed by atoms with Gasteiger partial charge in [0.1, 0.15) is 5.75 Å². The largest absolute Gasteiger partial charge is 0.494 e. The maximum absolute atomic E-state index is 13.2. The fourth-order valence-electron chi connectivity index (χ4n) is 4.78. The fourth-order valence-corrected chi connectivity index (χ4v) is 6.31. The van der Waals surface area contributed by atoms with Crippen LogP contribution in [-0.2, 0) is 22.1 Å². The predicted molar refractivity (Wildman–Crippen MR) is 148 cm³/mol. The SMILES string of the molecule is CCOc1ccc(CN2CCN(C(=O)c3ccc(CS(=O)(=O)c4cccc5cccnc45)cc3)CC2)cc1. The number of para-hydroxylation sites is 1. The van der Waals surface area contributed by atoms with Crippen molar-refractivity contribution in [3.05, 3.63) is 102 Å². The molecule has 1 saturated heterocycles. The molecule has 5 rings (SSSR count). The van der Waals surface area contributed by atoms with E-state index in [1.807, 2.05) is 36.1 Å². The van der Waals surface area contributed by atoms with Gasteiger partial charge in [-0.1, -0.05) is 42.5 Å². The molecule has 0 atom stereocenters. The van der Waals surface area contributed by atoms with E-state index in [4.69, 9.17) is 4.74 Å². The number of aromatic nitrogens is 1. The Balaban J connectivity index is 1.18. The molecule has 4 aromatic rings. The predicted octanol–water partition coefficient (Wildman–Crippen LogP) is 4.57. The van der Waals surface area contributed by atoms with Crippen LogP contribution in [0.4, 0.5) is 0 Å². The molecule has 38 heavy (non-hydrogen) atoms. The number of pyridine rings is 1. The minimum absolute atomic E-state index is 0.0293. The topological polar surface area (TPSA) is 79.8 Å². The third-order valence-electron chi connectivity index (χ3n) is 6.79. The van der Waals surface area contributed by atoms with E-state index in [2.05, 4.69) is 22.0 Å². The first kappa shape index (κ1) is 25.9. The van der Waals surface area contributed by atoms with Gasteiger partial charge in [-0.3, -0.25) is 14.7 Å². The summed E-state index contributed by atoms with van der Waals surface area (Å²) in [6.07, 6.45) is 1.60. The number of benzene rings is 3. The maximum Gasteiger partial charge on any atom is 0.253 e. The van der Waals surface area contributed by atoms with E-state index in [1.165, 1.54) is 5.56 Å². The lowest BCUT2D eigenvalue weighted by atomic mass is 10.1. The number of rotatable bonds is 8. The smallest absolute Gasteiger partial charge is 0.253 e. The summed E-state index contributed by atoms with van der Waals surface area (Å²) in [5, 5.41) is 0.786. The molecule has 0 spiro atoms. The first-order valence-corrected chi connectivity index (χ1v) is 14.5. The molecule has 0 radical (unpaired) electrons. The summed E-state index contributed by atoms with van der Waals surface area (Å²) in [5.74, 6) is 0.695. The Hall–Kier alpha value is -3.75. The van der Waals surface area contributed by atoms with E-state index in [-0.39, 0.29) is 16.6 Å². The van der Waals surface area contributed by atoms with Crippen LogP contribution in [0.1, 0.15) is 28.4 Å². The van der Waals surface area contributed by atoms with Crippen molar-refractivity contribution in [3.8, 4) is 5.75 Å². The van der Waals surface area contributed by atoms with Gasteiger partial charge in [0.05, 0.1) is 22.8 Å². The monoisotopic (exact) mass is 529 g/mol. The molecule has 1 fully saturated rings. The zero-order valence-corrected chi connectivity index (χ0v) is 22.2. The maximum atomic E-state index is 13.2. The summed E-state index contributed by atoms with van der Waals surface area (Å²) < 4.78 is 31.8. The lowest BCUT2D eigenvalue weighted by Crippen LogP contribution is -2.48. The number of carbonyl (C=O) groups excluding carboxylic acids is 1. The van der Waals surface area contributed by atoms with Crippen LogP contribution in [0, 0.1) is 0 Å². The van der Waals surface area contributed by atoms with Crippen molar-refractivity contribution in [3.63, 3.8) is 0 Å². The number of piperazine rings is 1. The highest BCUT2D eigenvalue weighted by molar-refractivity contribution is 7.90. The summed E-state index contributed by atoms with van der Waals surface area (Å²) in [7, 11) is -3.60. The van der Waals surface area contributed by atoms with Crippen molar-refractivity contribution in [1.29, 1.82) is 0 Å². The van der Waals surface area contributed by atoms with Gasteiger partial charge in [-0.25, -0.2) is 8.42 Å². The summed E-state index contributed by atoms with van der Waals surface area (Å²) in [5.41, 5.74) is 2.90. The second kappa shape index (κ2) is 11.3. The van der Waals surface area contributed by atoms with Crippen LogP contribution >= 0.6 is 0 Å². The summed E-state index contributed by atoms with van der Waals surface area (Å²) in [4.78, 5) is 21.8. The van der Waals surface area contributed by atoms with E-state index in [1.54, 1.807) is 48.7 Å². The van der Waals surface area contributed by atoms with Gasteiger partial charge in [-0.2, -0.15) is 0 Å². The molecule has 8 heteroatoms. The molecule has 0 aliphatic carbocycles. The highest BCUT2D eigenvalue weighted by atomic mass is 32.2. The highest BCUT2D eigenvalue weighted by Crippen LogP contribution is 2.24. The van der Waals surface area contributed by atoms with Gasteiger partial charge in [-0.15, -0.1) is 0 Å². The van der Waals surface area contributed by atoms with Crippen LogP contribution in [0.3, 0.4) is 0 Å². The average Bonchev–Trinajstić information content (AvgIpc) is 2.94. The van der Waals surface area contributed by atoms with Crippen LogP contribution in [0.5, 0.6) is 5.75 Å². The zero-order chi connectivity index (χ0) is 26.5. The molecule has 0 bridgehead atoms. The number of amides is 1. The van der Waals surface area contributed by atoms with E-state index >= 15 is 0 Å². The second-order valence-electron chi connectivity index (χ2n) is 9.43. The number of hydrogen-bond acceptors (Lipinski definition) is 6. The number of ether oxygens (including phenoxy) is 1. The van der Waals surface area contributed by atoms with Crippen molar-refractivity contribution >= 4 is 26.6 Å². The molecule has 1 amide bonds. The highest BCUT2D eigenvalue weighted by Gasteiger charge is 2.23. The van der Waals surface area contributed by atoms with Gasteiger partial charge in [0, 0.05) is 49.9 Å². The quantitative estimate of drug-likeness (QED) is 0.333. The fraction of sp³-hybridized carbons (Fsp3) is 0.267. The standard InChI is InChI=1S/C30H31N3O4S/c1-2-37-27-14-10-23(11-15-27)21-32-17-19-33(20-18-32)30(34)26-12-8-24(9-13-26)22-38(35,36)28-7-3-5-25-6-4-16-31-29(25)28/h3-16H,2,17-22H2,1H3.